The maximum atomic E-state index is 12.6. The first kappa shape index (κ1) is 26.0. The van der Waals surface area contributed by atoms with E-state index in [1.54, 1.807) is 48.5 Å². The van der Waals surface area contributed by atoms with Gasteiger partial charge in [-0.05, 0) is 59.8 Å². The molecule has 0 aromatic heterocycles. The minimum absolute atomic E-state index is 0.0142. The largest absolute Gasteiger partial charge is 0.493 e. The average Bonchev–Trinajstić information content (AvgIpc) is 3.30. The number of hydrogen-bond donors (Lipinski definition) is 2. The van der Waals surface area contributed by atoms with Crippen LogP contribution in [0.4, 0.5) is 5.69 Å². The zero-order valence-corrected chi connectivity index (χ0v) is 21.7. The molecule has 11 heteroatoms. The van der Waals surface area contributed by atoms with Crippen LogP contribution in [0.2, 0.25) is 0 Å². The van der Waals surface area contributed by atoms with Crippen molar-refractivity contribution in [3.8, 4) is 17.2 Å². The van der Waals surface area contributed by atoms with Gasteiger partial charge >= 0.3 is 0 Å². The molecule has 0 aliphatic carbocycles. The molecule has 0 unspecified atom stereocenters. The highest BCUT2D eigenvalue weighted by Crippen LogP contribution is 2.32. The van der Waals surface area contributed by atoms with Gasteiger partial charge in [-0.3, -0.25) is 15.0 Å². The van der Waals surface area contributed by atoms with E-state index in [1.807, 2.05) is 13.8 Å². The minimum Gasteiger partial charge on any atom is -0.493 e. The lowest BCUT2D eigenvalue weighted by molar-refractivity contribution is -0.115. The highest BCUT2D eigenvalue weighted by Gasteiger charge is 2.36. The fourth-order valence-corrected chi connectivity index (χ4v) is 4.34. The Labute approximate surface area is 218 Å². The second-order valence-corrected chi connectivity index (χ2v) is 9.41. The number of thioether (sulfide) groups is 1. The third-order valence-corrected chi connectivity index (χ3v) is 6.46. The molecule has 2 aliphatic heterocycles. The van der Waals surface area contributed by atoms with E-state index in [0.717, 1.165) is 5.04 Å². The molecule has 2 aromatic carbocycles. The summed E-state index contributed by atoms with van der Waals surface area (Å²) in [6.45, 7) is 6.03. The smallest absolute Gasteiger partial charge is 0.283 e. The molecule has 0 radical (unpaired) electrons. The van der Waals surface area contributed by atoms with Crippen LogP contribution in [0.15, 0.2) is 58.1 Å². The SMILES string of the molecule is COc1cc(/C=C2/C(=N)N3N=C(C(C)C)SC3=NC2=O)ccc1OCCOc1ccc(NC(C)=O)cc1. The molecular weight excluding hydrogens is 494 g/mol. The minimum atomic E-state index is -0.481. The number of benzene rings is 2. The monoisotopic (exact) mass is 521 g/mol. The fraction of sp³-hybridized carbons (Fsp3) is 0.269. The van der Waals surface area contributed by atoms with Crippen LogP contribution in [0, 0.1) is 11.3 Å². The van der Waals surface area contributed by atoms with Crippen LogP contribution in [0.1, 0.15) is 26.3 Å². The maximum Gasteiger partial charge on any atom is 0.283 e. The Kier molecular flexibility index (Phi) is 7.92. The maximum absolute atomic E-state index is 12.6. The van der Waals surface area contributed by atoms with E-state index in [-0.39, 0.29) is 29.8 Å². The van der Waals surface area contributed by atoms with Crippen molar-refractivity contribution in [3.05, 3.63) is 53.6 Å². The lowest BCUT2D eigenvalue weighted by Crippen LogP contribution is -2.35. The topological polar surface area (TPSA) is 126 Å². The number of hydrazone groups is 1. The number of anilines is 1. The zero-order valence-electron chi connectivity index (χ0n) is 20.9. The number of ether oxygens (including phenoxy) is 3. The molecule has 0 bridgehead atoms. The van der Waals surface area contributed by atoms with E-state index in [1.165, 1.54) is 30.8 Å². The van der Waals surface area contributed by atoms with Gasteiger partial charge in [0.2, 0.25) is 11.1 Å². The van der Waals surface area contributed by atoms with Gasteiger partial charge in [0.05, 0.1) is 12.7 Å². The van der Waals surface area contributed by atoms with E-state index in [9.17, 15) is 9.59 Å². The molecule has 2 aromatic rings. The third kappa shape index (κ3) is 6.18. The van der Waals surface area contributed by atoms with E-state index in [4.69, 9.17) is 19.6 Å². The lowest BCUT2D eigenvalue weighted by atomic mass is 10.1. The molecule has 192 valence electrons. The quantitative estimate of drug-likeness (QED) is 0.370. The number of amidine groups is 2. The van der Waals surface area contributed by atoms with Crippen LogP contribution < -0.4 is 19.5 Å². The molecule has 4 rings (SSSR count). The van der Waals surface area contributed by atoms with E-state index < -0.39 is 5.91 Å². The predicted octanol–water partition coefficient (Wildman–Crippen LogP) is 4.39. The van der Waals surface area contributed by atoms with Crippen molar-refractivity contribution in [2.45, 2.75) is 20.8 Å². The van der Waals surface area contributed by atoms with Gasteiger partial charge in [-0.2, -0.15) is 15.1 Å². The summed E-state index contributed by atoms with van der Waals surface area (Å²) in [4.78, 5) is 27.9. The molecule has 0 spiro atoms. The molecule has 0 saturated heterocycles. The molecule has 0 atom stereocenters. The summed E-state index contributed by atoms with van der Waals surface area (Å²) in [5, 5.41) is 18.2. The predicted molar refractivity (Wildman–Crippen MR) is 145 cm³/mol. The second-order valence-electron chi connectivity index (χ2n) is 8.43. The van der Waals surface area contributed by atoms with Crippen molar-refractivity contribution in [1.82, 2.24) is 5.01 Å². The molecule has 2 N–H and O–H groups in total. The lowest BCUT2D eigenvalue weighted by Gasteiger charge is -2.20. The number of nitrogens with one attached hydrogen (secondary N) is 2. The van der Waals surface area contributed by atoms with Crippen LogP contribution in [0.5, 0.6) is 17.2 Å². The first-order valence-electron chi connectivity index (χ1n) is 11.6. The van der Waals surface area contributed by atoms with Gasteiger partial charge < -0.3 is 19.5 Å². The summed E-state index contributed by atoms with van der Waals surface area (Å²) in [7, 11) is 1.53. The fourth-order valence-electron chi connectivity index (χ4n) is 3.45. The van der Waals surface area contributed by atoms with Crippen LogP contribution in [-0.4, -0.2) is 53.2 Å². The Bertz CT molecular complexity index is 1320. The Morgan fingerprint density at radius 3 is 2.54 bits per heavy atom. The van der Waals surface area contributed by atoms with Crippen molar-refractivity contribution in [2.75, 3.05) is 25.6 Å². The number of carbonyl (C=O) groups is 2. The van der Waals surface area contributed by atoms with Crippen molar-refractivity contribution in [2.24, 2.45) is 16.0 Å². The summed E-state index contributed by atoms with van der Waals surface area (Å²) in [5.41, 5.74) is 1.50. The number of hydrogen-bond acceptors (Lipinski definition) is 8. The highest BCUT2D eigenvalue weighted by atomic mass is 32.2. The van der Waals surface area contributed by atoms with E-state index >= 15 is 0 Å². The number of nitrogens with zero attached hydrogens (tertiary/aromatic N) is 3. The van der Waals surface area contributed by atoms with Gasteiger partial charge in [0, 0.05) is 18.5 Å². The molecule has 2 heterocycles. The Balaban J connectivity index is 1.39. The van der Waals surface area contributed by atoms with Crippen molar-refractivity contribution in [1.29, 1.82) is 5.41 Å². The van der Waals surface area contributed by atoms with Crippen molar-refractivity contribution < 1.29 is 23.8 Å². The average molecular weight is 522 g/mol. The summed E-state index contributed by atoms with van der Waals surface area (Å²) < 4.78 is 17.0. The van der Waals surface area contributed by atoms with Gasteiger partial charge in [0.25, 0.3) is 5.91 Å². The van der Waals surface area contributed by atoms with Gasteiger partial charge in [-0.15, -0.1) is 0 Å². The zero-order chi connectivity index (χ0) is 26.5. The second kappa shape index (κ2) is 11.3. The summed E-state index contributed by atoms with van der Waals surface area (Å²) in [5.74, 6) is 1.19. The molecule has 2 aliphatic rings. The Morgan fingerprint density at radius 2 is 1.86 bits per heavy atom. The number of aliphatic imine (C=N–C) groups is 1. The summed E-state index contributed by atoms with van der Waals surface area (Å²) in [6, 6.07) is 12.3. The van der Waals surface area contributed by atoms with Gasteiger partial charge in [0.1, 0.15) is 24.0 Å². The highest BCUT2D eigenvalue weighted by molar-refractivity contribution is 8.27. The normalized spacial score (nSPS) is 15.9. The van der Waals surface area contributed by atoms with E-state index in [2.05, 4.69) is 15.4 Å². The van der Waals surface area contributed by atoms with Crippen LogP contribution >= 0.6 is 11.8 Å². The Morgan fingerprint density at radius 1 is 1.14 bits per heavy atom. The van der Waals surface area contributed by atoms with E-state index in [0.29, 0.717) is 40.3 Å². The van der Waals surface area contributed by atoms with Crippen molar-refractivity contribution >= 4 is 51.4 Å². The molecule has 37 heavy (non-hydrogen) atoms. The number of carbonyl (C=O) groups excluding carboxylic acids is 2. The van der Waals surface area contributed by atoms with Gasteiger partial charge in [0.15, 0.2) is 17.3 Å². The van der Waals surface area contributed by atoms with Crippen LogP contribution in [0.3, 0.4) is 0 Å². The molecule has 10 nitrogen and oxygen atoms in total. The number of methoxy groups -OCH3 is 1. The van der Waals surface area contributed by atoms with Crippen LogP contribution in [-0.2, 0) is 9.59 Å². The molecular formula is C26H27N5O5S. The van der Waals surface area contributed by atoms with Gasteiger partial charge in [-0.1, -0.05) is 19.9 Å². The number of rotatable bonds is 9. The van der Waals surface area contributed by atoms with Crippen molar-refractivity contribution in [3.63, 3.8) is 0 Å². The first-order chi connectivity index (χ1) is 17.7. The standard InChI is InChI=1S/C26H27N5O5S/c1-15(2)25-30-31-23(27)20(24(33)29-26(31)37-25)13-17-5-10-21(22(14-17)34-4)36-12-11-35-19-8-6-18(7-9-19)28-16(3)32/h5-10,13-15,27H,11-12H2,1-4H3,(H,28,32)/b20-13-,27-23?. The van der Waals surface area contributed by atoms with Gasteiger partial charge in [-0.25, -0.2) is 0 Å². The molecule has 0 fully saturated rings. The molecule has 2 amide bonds. The number of amides is 2. The number of fused-ring (bicyclic) bond motifs is 1. The molecule has 0 saturated carbocycles. The summed E-state index contributed by atoms with van der Waals surface area (Å²) >= 11 is 1.31. The van der Waals surface area contributed by atoms with Crippen LogP contribution in [0.25, 0.3) is 6.08 Å². The summed E-state index contributed by atoms with van der Waals surface area (Å²) in [6.07, 6.45) is 1.60. The third-order valence-electron chi connectivity index (χ3n) is 5.25. The Hall–Kier alpha value is -4.12. The first-order valence-corrected chi connectivity index (χ1v) is 12.4.